The first-order chi connectivity index (χ1) is 9.67. The van der Waals surface area contributed by atoms with Crippen LogP contribution in [-0.2, 0) is 4.74 Å². The number of hydrogen-bond acceptors (Lipinski definition) is 7. The predicted octanol–water partition coefficient (Wildman–Crippen LogP) is 2.12. The van der Waals surface area contributed by atoms with Crippen LogP contribution < -0.4 is 16.6 Å². The first-order valence-electron chi connectivity index (χ1n) is 6.77. The van der Waals surface area contributed by atoms with Gasteiger partial charge >= 0.3 is 0 Å². The molecule has 0 saturated carbocycles. The van der Waals surface area contributed by atoms with Gasteiger partial charge in [-0.25, -0.2) is 10.8 Å². The van der Waals surface area contributed by atoms with Crippen LogP contribution in [0.2, 0.25) is 0 Å². The van der Waals surface area contributed by atoms with Gasteiger partial charge in [-0.3, -0.25) is 5.43 Å². The number of hydrazine groups is 1. The molecule has 0 bridgehead atoms. The second kappa shape index (κ2) is 5.51. The lowest BCUT2D eigenvalue weighted by Gasteiger charge is -2.15. The summed E-state index contributed by atoms with van der Waals surface area (Å²) in [6.45, 7) is 5.89. The molecule has 2 aromatic rings. The topological polar surface area (TPSA) is 85.1 Å². The maximum absolute atomic E-state index is 5.59. The van der Waals surface area contributed by atoms with Crippen molar-refractivity contribution in [2.45, 2.75) is 26.4 Å². The van der Waals surface area contributed by atoms with E-state index < -0.39 is 0 Å². The highest BCUT2D eigenvalue weighted by Gasteiger charge is 2.24. The summed E-state index contributed by atoms with van der Waals surface area (Å²) in [6, 6.07) is 2.11. The first-order valence-corrected chi connectivity index (χ1v) is 7.59. The molecule has 108 valence electrons. The molecule has 1 aliphatic heterocycles. The van der Waals surface area contributed by atoms with Crippen molar-refractivity contribution in [1.29, 1.82) is 0 Å². The van der Waals surface area contributed by atoms with Crippen molar-refractivity contribution in [3.8, 4) is 0 Å². The van der Waals surface area contributed by atoms with Crippen molar-refractivity contribution in [2.24, 2.45) is 11.8 Å². The maximum Gasteiger partial charge on any atom is 0.240 e. The zero-order valence-corrected chi connectivity index (χ0v) is 12.5. The van der Waals surface area contributed by atoms with E-state index in [1.807, 2.05) is 0 Å². The molecular weight excluding hydrogens is 274 g/mol. The fourth-order valence-electron chi connectivity index (χ4n) is 2.51. The molecule has 0 amide bonds. The minimum atomic E-state index is 0.302. The van der Waals surface area contributed by atoms with Gasteiger partial charge < -0.3 is 10.1 Å². The molecule has 2 aromatic heterocycles. The molecule has 1 saturated heterocycles. The van der Waals surface area contributed by atoms with Crippen molar-refractivity contribution in [1.82, 2.24) is 9.97 Å². The van der Waals surface area contributed by atoms with Crippen LogP contribution in [0.5, 0.6) is 0 Å². The summed E-state index contributed by atoms with van der Waals surface area (Å²) in [6.07, 6.45) is 1.39. The fraction of sp³-hybridized carbons (Fsp3) is 0.538. The van der Waals surface area contributed by atoms with Gasteiger partial charge in [0.05, 0.1) is 11.5 Å². The molecule has 3 heterocycles. The number of nitrogen functional groups attached to an aromatic ring is 1. The van der Waals surface area contributed by atoms with Crippen molar-refractivity contribution in [3.63, 3.8) is 0 Å². The van der Waals surface area contributed by atoms with Crippen LogP contribution in [0.25, 0.3) is 10.2 Å². The van der Waals surface area contributed by atoms with Crippen LogP contribution in [0.3, 0.4) is 0 Å². The van der Waals surface area contributed by atoms with E-state index >= 15 is 0 Å². The minimum absolute atomic E-state index is 0.302. The minimum Gasteiger partial charge on any atom is -0.378 e. The number of aromatic nitrogens is 2. The zero-order valence-electron chi connectivity index (χ0n) is 11.6. The van der Waals surface area contributed by atoms with Gasteiger partial charge in [-0.05, 0) is 26.3 Å². The molecule has 0 spiro atoms. The molecule has 1 aliphatic rings. The smallest absolute Gasteiger partial charge is 0.240 e. The highest BCUT2D eigenvalue weighted by Crippen LogP contribution is 2.30. The number of thiophene rings is 1. The summed E-state index contributed by atoms with van der Waals surface area (Å²) in [5.41, 5.74) is 2.53. The highest BCUT2D eigenvalue weighted by atomic mass is 32.1. The Bertz CT molecular complexity index is 614. The van der Waals surface area contributed by atoms with Gasteiger partial charge in [0, 0.05) is 23.9 Å². The summed E-state index contributed by atoms with van der Waals surface area (Å²) in [7, 11) is 0. The van der Waals surface area contributed by atoms with E-state index in [1.54, 1.807) is 11.3 Å². The molecule has 0 aliphatic carbocycles. The van der Waals surface area contributed by atoms with Crippen LogP contribution in [0.1, 0.15) is 18.2 Å². The number of aryl methyl sites for hydroxylation is 1. The monoisotopic (exact) mass is 293 g/mol. The molecule has 0 radical (unpaired) electrons. The van der Waals surface area contributed by atoms with E-state index in [0.717, 1.165) is 35.6 Å². The SMILES string of the molecule is Cc1cc2c(NCC3CCOC3C)nc(NN)nc2s1. The number of nitrogens with zero attached hydrogens (tertiary/aromatic N) is 2. The van der Waals surface area contributed by atoms with Crippen molar-refractivity contribution >= 4 is 33.3 Å². The van der Waals surface area contributed by atoms with E-state index in [1.165, 1.54) is 4.88 Å². The van der Waals surface area contributed by atoms with Gasteiger partial charge in [-0.1, -0.05) is 0 Å². The Labute approximate surface area is 121 Å². The van der Waals surface area contributed by atoms with E-state index in [4.69, 9.17) is 10.6 Å². The lowest BCUT2D eigenvalue weighted by atomic mass is 10.0. The second-order valence-corrected chi connectivity index (χ2v) is 6.36. The van der Waals surface area contributed by atoms with Crippen LogP contribution in [0, 0.1) is 12.8 Å². The third kappa shape index (κ3) is 2.56. The maximum atomic E-state index is 5.59. The molecule has 3 rings (SSSR count). The molecule has 0 aromatic carbocycles. The average Bonchev–Trinajstić information content (AvgIpc) is 3.00. The largest absolute Gasteiger partial charge is 0.378 e. The van der Waals surface area contributed by atoms with E-state index in [0.29, 0.717) is 18.0 Å². The van der Waals surface area contributed by atoms with Gasteiger partial charge in [0.2, 0.25) is 5.95 Å². The third-order valence-electron chi connectivity index (χ3n) is 3.71. The van der Waals surface area contributed by atoms with Crippen LogP contribution >= 0.6 is 11.3 Å². The van der Waals surface area contributed by atoms with Crippen molar-refractivity contribution in [2.75, 3.05) is 23.9 Å². The Kier molecular flexibility index (Phi) is 3.73. The average molecular weight is 293 g/mol. The van der Waals surface area contributed by atoms with Gasteiger partial charge in [-0.2, -0.15) is 4.98 Å². The Morgan fingerprint density at radius 3 is 3.05 bits per heavy atom. The van der Waals surface area contributed by atoms with Crippen molar-refractivity contribution < 1.29 is 4.74 Å². The van der Waals surface area contributed by atoms with Crippen LogP contribution in [-0.4, -0.2) is 29.2 Å². The molecule has 1 fully saturated rings. The molecule has 2 unspecified atom stereocenters. The van der Waals surface area contributed by atoms with Crippen molar-refractivity contribution in [3.05, 3.63) is 10.9 Å². The van der Waals surface area contributed by atoms with Gasteiger partial charge in [0.1, 0.15) is 10.6 Å². The quantitative estimate of drug-likeness (QED) is 0.591. The molecule has 6 nitrogen and oxygen atoms in total. The lowest BCUT2D eigenvalue weighted by Crippen LogP contribution is -2.21. The number of nitrogens with one attached hydrogen (secondary N) is 2. The van der Waals surface area contributed by atoms with Crippen LogP contribution in [0.15, 0.2) is 6.07 Å². The fourth-order valence-corrected chi connectivity index (χ4v) is 3.39. The normalized spacial score (nSPS) is 22.4. The summed E-state index contributed by atoms with van der Waals surface area (Å²) in [4.78, 5) is 11.0. The second-order valence-electron chi connectivity index (χ2n) is 5.12. The Hall–Kier alpha value is -1.44. The van der Waals surface area contributed by atoms with E-state index in [-0.39, 0.29) is 0 Å². The number of ether oxygens (including phenoxy) is 1. The molecule has 4 N–H and O–H groups in total. The highest BCUT2D eigenvalue weighted by molar-refractivity contribution is 7.18. The molecule has 7 heteroatoms. The summed E-state index contributed by atoms with van der Waals surface area (Å²) >= 11 is 1.64. The van der Waals surface area contributed by atoms with Gasteiger partial charge in [-0.15, -0.1) is 11.3 Å². The lowest BCUT2D eigenvalue weighted by molar-refractivity contribution is 0.108. The zero-order chi connectivity index (χ0) is 14.1. The van der Waals surface area contributed by atoms with Crippen LogP contribution in [0.4, 0.5) is 11.8 Å². The molecule has 20 heavy (non-hydrogen) atoms. The Balaban J connectivity index is 1.85. The number of anilines is 2. The summed E-state index contributed by atoms with van der Waals surface area (Å²) in [5.74, 6) is 7.24. The molecular formula is C13H19N5OS. The Morgan fingerprint density at radius 2 is 2.35 bits per heavy atom. The van der Waals surface area contributed by atoms with E-state index in [9.17, 15) is 0 Å². The molecule has 2 atom stereocenters. The van der Waals surface area contributed by atoms with Gasteiger partial charge in [0.25, 0.3) is 0 Å². The summed E-state index contributed by atoms with van der Waals surface area (Å²) in [5, 5.41) is 4.48. The van der Waals surface area contributed by atoms with Gasteiger partial charge in [0.15, 0.2) is 0 Å². The summed E-state index contributed by atoms with van der Waals surface area (Å²) < 4.78 is 5.59. The standard InChI is InChI=1S/C13H19N5OS/c1-7-5-10-11(15-6-9-3-4-19-8(9)2)16-13(18-14)17-12(10)20-7/h5,8-9H,3-4,6,14H2,1-2H3,(H2,15,16,17,18). The number of rotatable bonds is 4. The number of fused-ring (bicyclic) bond motifs is 1. The number of hydrogen-bond donors (Lipinski definition) is 3. The number of nitrogens with two attached hydrogens (primary N) is 1. The third-order valence-corrected chi connectivity index (χ3v) is 4.65. The predicted molar refractivity (Wildman–Crippen MR) is 82.0 cm³/mol. The Morgan fingerprint density at radius 1 is 1.50 bits per heavy atom. The first kappa shape index (κ1) is 13.5. The van der Waals surface area contributed by atoms with E-state index in [2.05, 4.69) is 40.6 Å².